The Hall–Kier alpha value is -0.680. The van der Waals surface area contributed by atoms with Crippen LogP contribution in [0.5, 0.6) is 0 Å². The van der Waals surface area contributed by atoms with Crippen LogP contribution in [0.25, 0.3) is 0 Å². The molecule has 0 aromatic carbocycles. The van der Waals surface area contributed by atoms with Crippen LogP contribution in [0.1, 0.15) is 6.92 Å². The van der Waals surface area contributed by atoms with Gasteiger partial charge in [0.1, 0.15) is 6.04 Å². The number of carboxylic acid groups (broad SMARTS) is 1. The maximum absolute atomic E-state index is 10.4. The summed E-state index contributed by atoms with van der Waals surface area (Å²) in [4.78, 5) is 27.2. The van der Waals surface area contributed by atoms with Crippen LogP contribution in [-0.2, 0) is 9.36 Å². The lowest BCUT2D eigenvalue weighted by atomic mass is 10.3. The molecule has 0 heterocycles. The van der Waals surface area contributed by atoms with Crippen LogP contribution in [-0.4, -0.2) is 39.6 Å². The average molecular weight is 223 g/mol. The first-order valence-corrected chi connectivity index (χ1v) is 5.78. The van der Waals surface area contributed by atoms with Crippen molar-refractivity contribution in [1.82, 2.24) is 5.32 Å². The molecule has 0 spiro atoms. The molecule has 6 nitrogen and oxygen atoms in total. The number of rotatable bonds is 6. The van der Waals surface area contributed by atoms with E-state index in [9.17, 15) is 9.36 Å². The van der Waals surface area contributed by atoms with Gasteiger partial charge in [0.15, 0.2) is 0 Å². The van der Waals surface area contributed by atoms with Crippen molar-refractivity contribution in [3.05, 3.63) is 12.2 Å². The number of allylic oxidation sites excluding steroid dienone is 1. The highest BCUT2D eigenvalue weighted by atomic mass is 31.2. The third-order valence-electron chi connectivity index (χ3n) is 1.42. The molecular formula is C7H14NO5P. The monoisotopic (exact) mass is 223 g/mol. The molecule has 0 bridgehead atoms. The highest BCUT2D eigenvalue weighted by Crippen LogP contribution is 2.33. The number of hydrogen-bond acceptors (Lipinski definition) is 3. The van der Waals surface area contributed by atoms with E-state index in [1.54, 1.807) is 0 Å². The zero-order valence-corrected chi connectivity index (χ0v) is 8.65. The summed E-state index contributed by atoms with van der Waals surface area (Å²) in [7, 11) is -3.98. The van der Waals surface area contributed by atoms with Gasteiger partial charge in [-0.2, -0.15) is 0 Å². The van der Waals surface area contributed by atoms with E-state index in [-0.39, 0.29) is 12.7 Å². The predicted molar refractivity (Wildman–Crippen MR) is 51.2 cm³/mol. The molecule has 0 aromatic rings. The molecule has 0 aliphatic heterocycles. The molecule has 0 unspecified atom stereocenters. The predicted octanol–water partition coefficient (Wildman–Crippen LogP) is -0.217. The number of hydrogen-bond donors (Lipinski definition) is 4. The lowest BCUT2D eigenvalue weighted by molar-refractivity contribution is -0.138. The van der Waals surface area contributed by atoms with E-state index < -0.39 is 19.6 Å². The van der Waals surface area contributed by atoms with E-state index in [1.807, 2.05) is 0 Å². The second-order valence-electron chi connectivity index (χ2n) is 2.79. The summed E-state index contributed by atoms with van der Waals surface area (Å²) < 4.78 is 10.4. The van der Waals surface area contributed by atoms with Crippen LogP contribution in [0.15, 0.2) is 12.2 Å². The second-order valence-corrected chi connectivity index (χ2v) is 4.48. The van der Waals surface area contributed by atoms with Crippen molar-refractivity contribution in [3.63, 3.8) is 0 Å². The summed E-state index contributed by atoms with van der Waals surface area (Å²) in [6.07, 6.45) is 2.48. The third kappa shape index (κ3) is 7.94. The van der Waals surface area contributed by atoms with Gasteiger partial charge in [0.2, 0.25) is 0 Å². The van der Waals surface area contributed by atoms with Gasteiger partial charge >= 0.3 is 13.6 Å². The minimum atomic E-state index is -3.98. The van der Waals surface area contributed by atoms with Crippen molar-refractivity contribution in [2.45, 2.75) is 13.0 Å². The Morgan fingerprint density at radius 1 is 1.50 bits per heavy atom. The standard InChI is InChI=1S/C7H14NO5P/c1-6(7(9)10)8-4-2-3-5-14(11,12)13/h2-3,6,8H,4-5H2,1H3,(H,9,10)(H2,11,12,13)/b3-2+/t6-/m1/s1. The van der Waals surface area contributed by atoms with Gasteiger partial charge in [0.25, 0.3) is 0 Å². The van der Waals surface area contributed by atoms with Gasteiger partial charge < -0.3 is 20.2 Å². The van der Waals surface area contributed by atoms with Crippen LogP contribution >= 0.6 is 7.60 Å². The van der Waals surface area contributed by atoms with E-state index in [2.05, 4.69) is 5.32 Å². The van der Waals surface area contributed by atoms with Crippen molar-refractivity contribution in [2.75, 3.05) is 12.7 Å². The van der Waals surface area contributed by atoms with E-state index in [4.69, 9.17) is 14.9 Å². The topological polar surface area (TPSA) is 107 Å². The maximum atomic E-state index is 10.4. The van der Waals surface area contributed by atoms with E-state index in [0.29, 0.717) is 0 Å². The van der Waals surface area contributed by atoms with Gasteiger partial charge in [-0.1, -0.05) is 12.2 Å². The summed E-state index contributed by atoms with van der Waals surface area (Å²) in [5, 5.41) is 11.1. The fraction of sp³-hybridized carbons (Fsp3) is 0.571. The minimum absolute atomic E-state index is 0.271. The largest absolute Gasteiger partial charge is 0.480 e. The normalized spacial score (nSPS) is 14.5. The molecule has 0 rings (SSSR count). The van der Waals surface area contributed by atoms with Crippen LogP contribution in [0, 0.1) is 0 Å². The van der Waals surface area contributed by atoms with Crippen LogP contribution < -0.4 is 5.32 Å². The quantitative estimate of drug-likeness (QED) is 0.366. The molecule has 0 aliphatic carbocycles. The van der Waals surface area contributed by atoms with E-state index in [0.717, 1.165) is 0 Å². The summed E-state index contributed by atoms with van der Waals surface area (Å²) in [6.45, 7) is 1.76. The lowest BCUT2D eigenvalue weighted by Crippen LogP contribution is -2.33. The van der Waals surface area contributed by atoms with Crippen LogP contribution in [0.4, 0.5) is 0 Å². The van der Waals surface area contributed by atoms with Gasteiger partial charge in [-0.15, -0.1) is 0 Å². The van der Waals surface area contributed by atoms with Gasteiger partial charge in [0.05, 0.1) is 6.16 Å². The molecule has 0 radical (unpaired) electrons. The molecule has 0 saturated heterocycles. The maximum Gasteiger partial charge on any atom is 0.329 e. The van der Waals surface area contributed by atoms with Gasteiger partial charge in [-0.3, -0.25) is 9.36 Å². The Bertz CT molecular complexity index is 259. The Morgan fingerprint density at radius 3 is 2.50 bits per heavy atom. The van der Waals surface area contributed by atoms with Crippen LogP contribution in [0.3, 0.4) is 0 Å². The molecule has 0 aromatic heterocycles. The fourth-order valence-corrected chi connectivity index (χ4v) is 1.05. The van der Waals surface area contributed by atoms with Gasteiger partial charge in [-0.25, -0.2) is 0 Å². The number of carbonyl (C=O) groups is 1. The third-order valence-corrected chi connectivity index (χ3v) is 2.11. The Balaban J connectivity index is 3.65. The molecule has 82 valence electrons. The Kier molecular flexibility index (Phi) is 5.64. The highest BCUT2D eigenvalue weighted by molar-refractivity contribution is 7.51. The molecule has 0 fully saturated rings. The summed E-state index contributed by atoms with van der Waals surface area (Å²) in [5.74, 6) is -0.964. The molecule has 0 saturated carbocycles. The van der Waals surface area contributed by atoms with Gasteiger partial charge in [0, 0.05) is 6.54 Å². The zero-order chi connectivity index (χ0) is 11.2. The highest BCUT2D eigenvalue weighted by Gasteiger charge is 2.09. The number of carboxylic acids is 1. The zero-order valence-electron chi connectivity index (χ0n) is 7.75. The first-order valence-electron chi connectivity index (χ1n) is 3.98. The van der Waals surface area contributed by atoms with Gasteiger partial charge in [-0.05, 0) is 6.92 Å². The molecule has 0 amide bonds. The minimum Gasteiger partial charge on any atom is -0.480 e. The SMILES string of the molecule is C[C@@H](NC/C=C/CP(=O)(O)O)C(=O)O. The van der Waals surface area contributed by atoms with Crippen molar-refractivity contribution in [3.8, 4) is 0 Å². The summed E-state index contributed by atoms with van der Waals surface area (Å²) in [5.41, 5.74) is 0. The molecule has 1 atom stereocenters. The molecule has 14 heavy (non-hydrogen) atoms. The first-order chi connectivity index (χ1) is 6.33. The van der Waals surface area contributed by atoms with Crippen LogP contribution in [0.2, 0.25) is 0 Å². The van der Waals surface area contributed by atoms with Crippen molar-refractivity contribution >= 4 is 13.6 Å². The lowest BCUT2D eigenvalue weighted by Gasteiger charge is -2.05. The molecule has 0 aliphatic rings. The smallest absolute Gasteiger partial charge is 0.329 e. The van der Waals surface area contributed by atoms with E-state index in [1.165, 1.54) is 19.1 Å². The number of nitrogens with one attached hydrogen (secondary N) is 1. The van der Waals surface area contributed by atoms with Crippen molar-refractivity contribution < 1.29 is 24.3 Å². The Labute approximate surface area is 81.8 Å². The average Bonchev–Trinajstić information content (AvgIpc) is 2.01. The molecule has 7 heteroatoms. The van der Waals surface area contributed by atoms with E-state index >= 15 is 0 Å². The van der Waals surface area contributed by atoms with Crippen molar-refractivity contribution in [1.29, 1.82) is 0 Å². The summed E-state index contributed by atoms with van der Waals surface area (Å²) >= 11 is 0. The molecular weight excluding hydrogens is 209 g/mol. The molecule has 4 N–H and O–H groups in total. The fourth-order valence-electron chi connectivity index (χ4n) is 0.627. The summed E-state index contributed by atoms with van der Waals surface area (Å²) in [6, 6.07) is -0.672. The number of aliphatic carboxylic acids is 1. The Morgan fingerprint density at radius 2 is 2.07 bits per heavy atom. The first kappa shape index (κ1) is 13.3. The second kappa shape index (κ2) is 5.93. The van der Waals surface area contributed by atoms with Crippen molar-refractivity contribution in [2.24, 2.45) is 0 Å².